The normalized spacial score (nSPS) is 12.2. The molecule has 2 N–H and O–H groups in total. The molecule has 0 aromatic heterocycles. The molecular formula is C18H24N2. The van der Waals surface area contributed by atoms with Crippen LogP contribution in [0.2, 0.25) is 0 Å². The second-order valence-corrected chi connectivity index (χ2v) is 5.56. The molecule has 1 unspecified atom stereocenters. The van der Waals surface area contributed by atoms with Crippen LogP contribution >= 0.6 is 0 Å². The Morgan fingerprint density at radius 1 is 0.950 bits per heavy atom. The molecule has 0 aliphatic carbocycles. The smallest absolute Gasteiger partial charge is 0.0664 e. The van der Waals surface area contributed by atoms with Gasteiger partial charge in [-0.05, 0) is 44.0 Å². The summed E-state index contributed by atoms with van der Waals surface area (Å²) in [6, 6.07) is 15.4. The summed E-state index contributed by atoms with van der Waals surface area (Å²) in [6.45, 7) is 6.99. The van der Waals surface area contributed by atoms with Gasteiger partial charge in [-0.2, -0.15) is 0 Å². The van der Waals surface area contributed by atoms with E-state index in [0.717, 1.165) is 0 Å². The molecule has 0 radical (unpaired) electrons. The van der Waals surface area contributed by atoms with Gasteiger partial charge in [0.1, 0.15) is 0 Å². The van der Waals surface area contributed by atoms with Crippen molar-refractivity contribution in [2.24, 2.45) is 5.73 Å². The predicted octanol–water partition coefficient (Wildman–Crippen LogP) is 3.75. The van der Waals surface area contributed by atoms with Crippen molar-refractivity contribution >= 4 is 5.69 Å². The lowest BCUT2D eigenvalue weighted by atomic mass is 9.98. The van der Waals surface area contributed by atoms with E-state index in [0.29, 0.717) is 6.54 Å². The van der Waals surface area contributed by atoms with Crippen LogP contribution in [0, 0.1) is 20.8 Å². The zero-order chi connectivity index (χ0) is 14.7. The number of rotatable bonds is 4. The quantitative estimate of drug-likeness (QED) is 0.915. The summed E-state index contributed by atoms with van der Waals surface area (Å²) in [6.07, 6.45) is 0. The van der Waals surface area contributed by atoms with Crippen molar-refractivity contribution < 1.29 is 0 Å². The molecule has 0 heterocycles. The minimum atomic E-state index is 0.207. The summed E-state index contributed by atoms with van der Waals surface area (Å²) >= 11 is 0. The fourth-order valence-corrected chi connectivity index (χ4v) is 2.65. The number of benzene rings is 2. The van der Waals surface area contributed by atoms with Gasteiger partial charge in [0, 0.05) is 19.3 Å². The van der Waals surface area contributed by atoms with E-state index in [1.165, 1.54) is 27.9 Å². The molecule has 0 spiro atoms. The first-order valence-corrected chi connectivity index (χ1v) is 7.09. The Balaban J connectivity index is 2.33. The molecule has 2 heteroatoms. The molecule has 20 heavy (non-hydrogen) atoms. The summed E-state index contributed by atoms with van der Waals surface area (Å²) in [5.74, 6) is 0. The van der Waals surface area contributed by atoms with E-state index in [-0.39, 0.29) is 6.04 Å². The van der Waals surface area contributed by atoms with Crippen molar-refractivity contribution in [3.63, 3.8) is 0 Å². The standard InChI is InChI=1S/C18H24N2/c1-13-5-8-16(9-6-13)20(4)18(12-19)17-10-7-14(2)11-15(17)3/h5-11,18H,12,19H2,1-4H3. The lowest BCUT2D eigenvalue weighted by Gasteiger charge is -2.31. The van der Waals surface area contributed by atoms with Gasteiger partial charge >= 0.3 is 0 Å². The maximum Gasteiger partial charge on any atom is 0.0664 e. The van der Waals surface area contributed by atoms with E-state index in [4.69, 9.17) is 5.73 Å². The fourth-order valence-electron chi connectivity index (χ4n) is 2.65. The molecule has 0 aliphatic heterocycles. The zero-order valence-electron chi connectivity index (χ0n) is 12.9. The number of anilines is 1. The molecule has 2 nitrogen and oxygen atoms in total. The van der Waals surface area contributed by atoms with Crippen molar-refractivity contribution in [1.82, 2.24) is 0 Å². The Bertz CT molecular complexity index is 572. The molecule has 0 saturated heterocycles. The third kappa shape index (κ3) is 3.02. The highest BCUT2D eigenvalue weighted by atomic mass is 15.1. The lowest BCUT2D eigenvalue weighted by Crippen LogP contribution is -2.31. The maximum atomic E-state index is 6.04. The summed E-state index contributed by atoms with van der Waals surface area (Å²) in [4.78, 5) is 2.26. The van der Waals surface area contributed by atoms with Crippen LogP contribution in [0.4, 0.5) is 5.69 Å². The van der Waals surface area contributed by atoms with E-state index in [9.17, 15) is 0 Å². The first-order valence-electron chi connectivity index (χ1n) is 7.09. The van der Waals surface area contributed by atoms with Gasteiger partial charge in [-0.15, -0.1) is 0 Å². The molecule has 2 rings (SSSR count). The van der Waals surface area contributed by atoms with Crippen molar-refractivity contribution in [3.8, 4) is 0 Å². The predicted molar refractivity (Wildman–Crippen MR) is 87.3 cm³/mol. The molecule has 106 valence electrons. The Morgan fingerprint density at radius 3 is 2.10 bits per heavy atom. The van der Waals surface area contributed by atoms with Crippen LogP contribution in [0.15, 0.2) is 42.5 Å². The number of nitrogens with zero attached hydrogens (tertiary/aromatic N) is 1. The van der Waals surface area contributed by atoms with Gasteiger partial charge < -0.3 is 10.6 Å². The first-order chi connectivity index (χ1) is 9.52. The minimum absolute atomic E-state index is 0.207. The van der Waals surface area contributed by atoms with E-state index < -0.39 is 0 Å². The molecule has 0 bridgehead atoms. The Kier molecular flexibility index (Phi) is 4.46. The fraction of sp³-hybridized carbons (Fsp3) is 0.333. The molecule has 2 aromatic carbocycles. The van der Waals surface area contributed by atoms with Crippen molar-refractivity contribution in [2.45, 2.75) is 26.8 Å². The molecule has 0 aliphatic rings. The second kappa shape index (κ2) is 6.10. The van der Waals surface area contributed by atoms with Crippen LogP contribution in [-0.2, 0) is 0 Å². The minimum Gasteiger partial charge on any atom is -0.366 e. The average Bonchev–Trinajstić information content (AvgIpc) is 2.42. The van der Waals surface area contributed by atoms with Crippen LogP contribution in [0.5, 0.6) is 0 Å². The van der Waals surface area contributed by atoms with Gasteiger partial charge in [0.2, 0.25) is 0 Å². The summed E-state index contributed by atoms with van der Waals surface area (Å²) in [5.41, 5.74) is 12.4. The monoisotopic (exact) mass is 268 g/mol. The molecular weight excluding hydrogens is 244 g/mol. The molecule has 0 saturated carbocycles. The number of hydrogen-bond acceptors (Lipinski definition) is 2. The summed E-state index contributed by atoms with van der Waals surface area (Å²) < 4.78 is 0. The summed E-state index contributed by atoms with van der Waals surface area (Å²) in [5, 5.41) is 0. The lowest BCUT2D eigenvalue weighted by molar-refractivity contribution is 0.676. The zero-order valence-corrected chi connectivity index (χ0v) is 12.9. The highest BCUT2D eigenvalue weighted by Gasteiger charge is 2.17. The molecule has 2 aromatic rings. The Morgan fingerprint density at radius 2 is 1.55 bits per heavy atom. The number of likely N-dealkylation sites (N-methyl/N-ethyl adjacent to an activating group) is 1. The number of hydrogen-bond donors (Lipinski definition) is 1. The van der Waals surface area contributed by atoms with E-state index >= 15 is 0 Å². The largest absolute Gasteiger partial charge is 0.366 e. The van der Waals surface area contributed by atoms with Gasteiger partial charge in [-0.3, -0.25) is 0 Å². The van der Waals surface area contributed by atoms with Gasteiger partial charge in [0.25, 0.3) is 0 Å². The van der Waals surface area contributed by atoms with E-state index in [2.05, 4.69) is 75.2 Å². The number of nitrogens with two attached hydrogens (primary N) is 1. The van der Waals surface area contributed by atoms with Crippen molar-refractivity contribution in [2.75, 3.05) is 18.5 Å². The molecule has 1 atom stereocenters. The van der Waals surface area contributed by atoms with Crippen molar-refractivity contribution in [3.05, 3.63) is 64.7 Å². The van der Waals surface area contributed by atoms with Gasteiger partial charge in [0.15, 0.2) is 0 Å². The second-order valence-electron chi connectivity index (χ2n) is 5.56. The first kappa shape index (κ1) is 14.6. The highest BCUT2D eigenvalue weighted by Crippen LogP contribution is 2.27. The van der Waals surface area contributed by atoms with Crippen LogP contribution in [0.25, 0.3) is 0 Å². The average molecular weight is 268 g/mol. The Hall–Kier alpha value is -1.80. The Labute approximate surface area is 122 Å². The van der Waals surface area contributed by atoms with Gasteiger partial charge in [0.05, 0.1) is 6.04 Å². The summed E-state index contributed by atoms with van der Waals surface area (Å²) in [7, 11) is 2.11. The third-order valence-electron chi connectivity index (χ3n) is 3.92. The topological polar surface area (TPSA) is 29.3 Å². The van der Waals surface area contributed by atoms with E-state index in [1.807, 2.05) is 0 Å². The third-order valence-corrected chi connectivity index (χ3v) is 3.92. The van der Waals surface area contributed by atoms with Crippen LogP contribution in [0.3, 0.4) is 0 Å². The molecule has 0 amide bonds. The molecule has 0 fully saturated rings. The van der Waals surface area contributed by atoms with Crippen LogP contribution < -0.4 is 10.6 Å². The van der Waals surface area contributed by atoms with Gasteiger partial charge in [-0.25, -0.2) is 0 Å². The highest BCUT2D eigenvalue weighted by molar-refractivity contribution is 5.50. The van der Waals surface area contributed by atoms with Crippen molar-refractivity contribution in [1.29, 1.82) is 0 Å². The van der Waals surface area contributed by atoms with Gasteiger partial charge in [-0.1, -0.05) is 41.5 Å². The maximum absolute atomic E-state index is 6.04. The number of aryl methyl sites for hydroxylation is 3. The van der Waals surface area contributed by atoms with Crippen LogP contribution in [0.1, 0.15) is 28.3 Å². The van der Waals surface area contributed by atoms with Crippen LogP contribution in [-0.4, -0.2) is 13.6 Å². The van der Waals surface area contributed by atoms with E-state index in [1.54, 1.807) is 0 Å². The SMILES string of the molecule is Cc1ccc(N(C)C(CN)c2ccc(C)cc2C)cc1.